The smallest absolute Gasteiger partial charge is 0.459 e. The zero-order chi connectivity index (χ0) is 40.7. The number of esters is 1. The van der Waals surface area contributed by atoms with Crippen molar-refractivity contribution in [1.82, 2.24) is 24.5 Å². The Kier molecular flexibility index (Phi) is 11.8. The van der Waals surface area contributed by atoms with Crippen LogP contribution < -0.4 is 19.5 Å². The second kappa shape index (κ2) is 15.8. The fourth-order valence-electron chi connectivity index (χ4n) is 6.44. The lowest BCUT2D eigenvalue weighted by molar-refractivity contribution is -0.157. The van der Waals surface area contributed by atoms with E-state index in [4.69, 9.17) is 30.1 Å². The normalized spacial score (nSPS) is 23.3. The van der Waals surface area contributed by atoms with E-state index in [2.05, 4.69) is 19.9 Å². The third-order valence-electron chi connectivity index (χ3n) is 9.42. The fraction of sp³-hybridized carbons (Fsp3) is 0.441. The second-order valence-electron chi connectivity index (χ2n) is 13.6. The van der Waals surface area contributed by atoms with Crippen molar-refractivity contribution in [3.05, 3.63) is 83.3 Å². The van der Waals surface area contributed by atoms with E-state index in [1.165, 1.54) is 71.5 Å². The summed E-state index contributed by atoms with van der Waals surface area (Å²) in [5.74, 6) is -0.775. The highest BCUT2D eigenvalue weighted by Gasteiger charge is 2.56. The topological polar surface area (TPSA) is 204 Å². The van der Waals surface area contributed by atoms with Crippen LogP contribution in [-0.2, 0) is 46.2 Å². The van der Waals surface area contributed by atoms with Crippen molar-refractivity contribution >= 4 is 52.2 Å². The Morgan fingerprint density at radius 1 is 1.16 bits per heavy atom. The maximum atomic E-state index is 14.6. The molecule has 1 saturated carbocycles. The number of ether oxygens (including phenoxy) is 2. The quantitative estimate of drug-likeness (QED) is 0.0717. The Morgan fingerprint density at radius 3 is 2.48 bits per heavy atom. The van der Waals surface area contributed by atoms with Gasteiger partial charge in [-0.05, 0) is 69.5 Å². The summed E-state index contributed by atoms with van der Waals surface area (Å²) in [4.78, 5) is 24.4. The number of halogens is 4. The van der Waals surface area contributed by atoms with Crippen LogP contribution in [0.2, 0.25) is 5.02 Å². The van der Waals surface area contributed by atoms with Crippen LogP contribution in [0.1, 0.15) is 50.5 Å². The number of sulfonamides is 1. The van der Waals surface area contributed by atoms with Crippen LogP contribution in [0, 0.1) is 0 Å². The lowest BCUT2D eigenvalue weighted by Gasteiger charge is -2.41. The molecule has 1 aliphatic heterocycles. The van der Waals surface area contributed by atoms with E-state index < -0.39 is 78.3 Å². The number of aliphatic hydroxyl groups is 2. The molecule has 4 N–H and O–H groups in total. The van der Waals surface area contributed by atoms with Crippen molar-refractivity contribution in [2.45, 2.75) is 75.5 Å². The van der Waals surface area contributed by atoms with Gasteiger partial charge in [-0.1, -0.05) is 29.8 Å². The van der Waals surface area contributed by atoms with Gasteiger partial charge in [0.25, 0.3) is 0 Å². The largest absolute Gasteiger partial charge is 0.459 e. The van der Waals surface area contributed by atoms with Crippen LogP contribution in [0.15, 0.2) is 67.1 Å². The molecule has 2 aromatic heterocycles. The summed E-state index contributed by atoms with van der Waals surface area (Å²) in [5.41, 5.74) is -4.73. The van der Waals surface area contributed by atoms with Crippen molar-refractivity contribution in [3.63, 3.8) is 0 Å². The van der Waals surface area contributed by atoms with E-state index in [0.717, 1.165) is 12.3 Å². The van der Waals surface area contributed by atoms with E-state index in [0.29, 0.717) is 16.8 Å². The molecule has 0 bridgehead atoms. The summed E-state index contributed by atoms with van der Waals surface area (Å²) in [6, 6.07) is 11.9. The average Bonchev–Trinajstić information content (AvgIpc) is 3.64. The monoisotopic (exact) mass is 846 g/mol. The molecule has 5 atom stereocenters. The molecule has 304 valence electrons. The molecule has 1 saturated heterocycles. The van der Waals surface area contributed by atoms with Crippen molar-refractivity contribution in [2.75, 3.05) is 24.4 Å². The molecule has 56 heavy (non-hydrogen) atoms. The number of rotatable bonds is 15. The first-order valence-electron chi connectivity index (χ1n) is 17.2. The van der Waals surface area contributed by atoms with Gasteiger partial charge in [-0.25, -0.2) is 23.0 Å². The van der Waals surface area contributed by atoms with Gasteiger partial charge >= 0.3 is 19.9 Å². The number of nitrogens with zero attached hydrogens (tertiary/aromatic N) is 4. The number of carbonyl (C=O) groups excluding carboxylic acids is 1. The lowest BCUT2D eigenvalue weighted by Crippen LogP contribution is -2.57. The number of alkyl halides is 3. The average molecular weight is 847 g/mol. The van der Waals surface area contributed by atoms with Gasteiger partial charge in [0.1, 0.15) is 47.7 Å². The molecule has 16 nitrogen and oxygen atoms in total. The number of benzene rings is 2. The van der Waals surface area contributed by atoms with Gasteiger partial charge in [0.15, 0.2) is 12.0 Å². The number of hydrazine groups is 1. The Morgan fingerprint density at radius 2 is 1.86 bits per heavy atom. The van der Waals surface area contributed by atoms with Crippen molar-refractivity contribution in [1.29, 1.82) is 0 Å². The van der Waals surface area contributed by atoms with Crippen LogP contribution in [0.5, 0.6) is 5.75 Å². The SMILES string of the molecule is CCN(NS(C)(=O)=O)c1ncnc2c1ccn2C1OC(COP(=O)(NC2(C(=O)OCc3ccccc3C(F)(F)F)CCC2)Oc2ccc(Cl)cc2)[C@@H](O)[C@@]1(C)O. The summed E-state index contributed by atoms with van der Waals surface area (Å²) in [6.07, 6.45) is -4.75. The standard InChI is InChI=1S/C34H39ClF3N6O10PS/c1-4-44(42-56(3,49)50)29-24-14-17-43(28(24)39-20-40-29)30-32(2,47)27(45)26(53-30)19-52-55(48,54-23-12-10-22(35)11-13-23)41-33(15-7-16-33)31(46)51-18-21-8-5-6-9-25(21)34(36,37)38/h5-6,8-14,17,20,26-27,30,42,45,47H,4,7,15-16,18-19H2,1-3H3,(H,41,48)/t26?,27-,30?,32-,55?/m1/s1. The Bertz CT molecular complexity index is 2230. The van der Waals surface area contributed by atoms with E-state index in [1.807, 2.05) is 0 Å². The Balaban J connectivity index is 1.23. The lowest BCUT2D eigenvalue weighted by atomic mass is 9.78. The third kappa shape index (κ3) is 8.83. The van der Waals surface area contributed by atoms with Gasteiger partial charge in [0, 0.05) is 23.3 Å². The van der Waals surface area contributed by atoms with Gasteiger partial charge in [-0.3, -0.25) is 14.3 Å². The molecule has 2 aliphatic rings. The van der Waals surface area contributed by atoms with Gasteiger partial charge in [0.05, 0.1) is 23.8 Å². The van der Waals surface area contributed by atoms with Crippen LogP contribution in [0.3, 0.4) is 0 Å². The van der Waals surface area contributed by atoms with Gasteiger partial charge < -0.3 is 28.8 Å². The predicted molar refractivity (Wildman–Crippen MR) is 196 cm³/mol. The summed E-state index contributed by atoms with van der Waals surface area (Å²) in [5, 5.41) is 27.5. The van der Waals surface area contributed by atoms with E-state index in [-0.39, 0.29) is 42.2 Å². The Hall–Kier alpha value is -3.85. The highest BCUT2D eigenvalue weighted by atomic mass is 35.5. The van der Waals surface area contributed by atoms with Crippen molar-refractivity contribution in [2.24, 2.45) is 0 Å². The number of hydrogen-bond acceptors (Lipinski definition) is 13. The molecular formula is C34H39ClF3N6O10PS. The van der Waals surface area contributed by atoms with Crippen LogP contribution in [0.25, 0.3) is 11.0 Å². The molecule has 4 aromatic rings. The third-order valence-corrected chi connectivity index (χ3v) is 11.9. The van der Waals surface area contributed by atoms with Gasteiger partial charge in [-0.2, -0.15) is 18.3 Å². The molecule has 1 aliphatic carbocycles. The predicted octanol–water partition coefficient (Wildman–Crippen LogP) is 4.86. The minimum Gasteiger partial charge on any atom is -0.459 e. The molecule has 2 aromatic carbocycles. The van der Waals surface area contributed by atoms with E-state index in [9.17, 15) is 41.2 Å². The molecule has 3 unspecified atom stereocenters. The van der Waals surface area contributed by atoms with Crippen molar-refractivity contribution < 1.29 is 59.7 Å². The molecular weight excluding hydrogens is 808 g/mol. The highest BCUT2D eigenvalue weighted by Crippen LogP contribution is 2.52. The fourth-order valence-corrected chi connectivity index (χ4v) is 8.93. The summed E-state index contributed by atoms with van der Waals surface area (Å²) >= 11 is 6.02. The minimum atomic E-state index is -4.69. The number of fused-ring (bicyclic) bond motifs is 1. The van der Waals surface area contributed by atoms with Gasteiger partial charge in [-0.15, -0.1) is 4.83 Å². The minimum absolute atomic E-state index is 0.00530. The van der Waals surface area contributed by atoms with Crippen LogP contribution in [-0.4, -0.2) is 81.9 Å². The van der Waals surface area contributed by atoms with E-state index in [1.54, 1.807) is 13.0 Å². The number of aliphatic hydroxyl groups excluding tert-OH is 1. The molecule has 0 spiro atoms. The zero-order valence-corrected chi connectivity index (χ0v) is 32.6. The Labute approximate surface area is 324 Å². The molecule has 2 fully saturated rings. The summed E-state index contributed by atoms with van der Waals surface area (Å²) in [7, 11) is -8.32. The summed E-state index contributed by atoms with van der Waals surface area (Å²) < 4.78 is 104. The van der Waals surface area contributed by atoms with Gasteiger partial charge in [0.2, 0.25) is 10.0 Å². The molecule has 0 amide bonds. The maximum Gasteiger partial charge on any atom is 0.459 e. The number of carbonyl (C=O) groups is 1. The number of nitrogens with one attached hydrogen (secondary N) is 2. The maximum absolute atomic E-state index is 14.6. The van der Waals surface area contributed by atoms with Crippen LogP contribution in [0.4, 0.5) is 19.0 Å². The van der Waals surface area contributed by atoms with Crippen LogP contribution >= 0.6 is 19.3 Å². The second-order valence-corrected chi connectivity index (χ2v) is 17.4. The first-order chi connectivity index (χ1) is 26.3. The summed E-state index contributed by atoms with van der Waals surface area (Å²) in [6.45, 7) is 1.81. The number of aromatic nitrogens is 3. The molecule has 22 heteroatoms. The highest BCUT2D eigenvalue weighted by molar-refractivity contribution is 7.88. The molecule has 6 rings (SSSR count). The van der Waals surface area contributed by atoms with Crippen molar-refractivity contribution in [3.8, 4) is 5.75 Å². The molecule has 0 radical (unpaired) electrons. The van der Waals surface area contributed by atoms with E-state index >= 15 is 0 Å². The molecule has 3 heterocycles. The number of hydrogen-bond donors (Lipinski definition) is 4. The first-order valence-corrected chi connectivity index (χ1v) is 21.0. The number of anilines is 1. The zero-order valence-electron chi connectivity index (χ0n) is 30.1. The first kappa shape index (κ1) is 41.8.